The van der Waals surface area contributed by atoms with E-state index >= 15 is 0 Å². The van der Waals surface area contributed by atoms with Crippen LogP contribution in [0.2, 0.25) is 0 Å². The molecule has 0 saturated heterocycles. The van der Waals surface area contributed by atoms with Gasteiger partial charge in [0.1, 0.15) is 5.69 Å². The fourth-order valence-electron chi connectivity index (χ4n) is 1.81. The summed E-state index contributed by atoms with van der Waals surface area (Å²) in [5, 5.41) is 2.86. The van der Waals surface area contributed by atoms with Crippen LogP contribution >= 0.6 is 0 Å². The summed E-state index contributed by atoms with van der Waals surface area (Å²) >= 11 is 0. The van der Waals surface area contributed by atoms with Crippen molar-refractivity contribution in [2.45, 2.75) is 25.8 Å². The number of nitrogens with one attached hydrogen (secondary N) is 1. The molecule has 1 fully saturated rings. The van der Waals surface area contributed by atoms with Gasteiger partial charge < -0.3 is 15.6 Å². The molecule has 76 valence electrons. The first-order valence-corrected chi connectivity index (χ1v) is 4.84. The fourth-order valence-corrected chi connectivity index (χ4v) is 1.81. The molecule has 0 aliphatic heterocycles. The molecule has 0 aromatic carbocycles. The second-order valence-electron chi connectivity index (χ2n) is 3.77. The number of pyridine rings is 1. The summed E-state index contributed by atoms with van der Waals surface area (Å²) in [7, 11) is 1.72. The molecule has 1 aliphatic carbocycles. The third kappa shape index (κ3) is 1.27. The first kappa shape index (κ1) is 9.12. The van der Waals surface area contributed by atoms with Gasteiger partial charge in [-0.25, -0.2) is 0 Å². The third-order valence-corrected chi connectivity index (χ3v) is 2.63. The quantitative estimate of drug-likeness (QED) is 0.739. The lowest BCUT2D eigenvalue weighted by molar-refractivity contribution is 0.684. The zero-order valence-electron chi connectivity index (χ0n) is 8.50. The maximum atomic E-state index is 11.9. The van der Waals surface area contributed by atoms with Crippen molar-refractivity contribution in [1.29, 1.82) is 0 Å². The molecule has 14 heavy (non-hydrogen) atoms. The maximum Gasteiger partial charge on any atom is 0.276 e. The molecule has 1 saturated carbocycles. The summed E-state index contributed by atoms with van der Waals surface area (Å²) in [6.07, 6.45) is 2.21. The van der Waals surface area contributed by atoms with E-state index in [0.29, 0.717) is 17.4 Å². The van der Waals surface area contributed by atoms with E-state index in [9.17, 15) is 4.79 Å². The van der Waals surface area contributed by atoms with E-state index < -0.39 is 0 Å². The zero-order valence-corrected chi connectivity index (χ0v) is 8.50. The Morgan fingerprint density at radius 2 is 2.21 bits per heavy atom. The van der Waals surface area contributed by atoms with Crippen molar-refractivity contribution in [3.63, 3.8) is 0 Å². The number of rotatable bonds is 2. The normalized spacial score (nSPS) is 15.6. The molecule has 4 nitrogen and oxygen atoms in total. The lowest BCUT2D eigenvalue weighted by Gasteiger charge is -2.12. The first-order valence-electron chi connectivity index (χ1n) is 4.84. The predicted octanol–water partition coefficient (Wildman–Crippen LogP) is 1.12. The van der Waals surface area contributed by atoms with E-state index in [-0.39, 0.29) is 5.56 Å². The summed E-state index contributed by atoms with van der Waals surface area (Å²) in [5.74, 6) is 0. The zero-order chi connectivity index (χ0) is 10.3. The van der Waals surface area contributed by atoms with Crippen LogP contribution in [0, 0.1) is 6.92 Å². The van der Waals surface area contributed by atoms with Gasteiger partial charge >= 0.3 is 0 Å². The predicted molar refractivity (Wildman–Crippen MR) is 57.7 cm³/mol. The molecule has 4 heteroatoms. The highest BCUT2D eigenvalue weighted by atomic mass is 16.1. The van der Waals surface area contributed by atoms with Gasteiger partial charge in [0.25, 0.3) is 5.56 Å². The van der Waals surface area contributed by atoms with Gasteiger partial charge in [0, 0.05) is 18.8 Å². The number of anilines is 2. The van der Waals surface area contributed by atoms with E-state index in [1.165, 1.54) is 0 Å². The molecule has 0 radical (unpaired) electrons. The Hall–Kier alpha value is -1.45. The summed E-state index contributed by atoms with van der Waals surface area (Å²) in [5.41, 5.74) is 7.76. The Bertz CT molecular complexity index is 418. The minimum Gasteiger partial charge on any atom is -0.397 e. The Morgan fingerprint density at radius 3 is 2.71 bits per heavy atom. The molecule has 0 unspecified atom stereocenters. The molecule has 1 heterocycles. The van der Waals surface area contributed by atoms with Gasteiger partial charge in [-0.15, -0.1) is 0 Å². The van der Waals surface area contributed by atoms with Gasteiger partial charge in [0.2, 0.25) is 0 Å². The van der Waals surface area contributed by atoms with Gasteiger partial charge in [-0.1, -0.05) is 0 Å². The third-order valence-electron chi connectivity index (χ3n) is 2.63. The number of hydrogen-bond acceptors (Lipinski definition) is 3. The molecule has 1 aromatic rings. The highest BCUT2D eigenvalue weighted by molar-refractivity contribution is 5.65. The SMILES string of the molecule is CNc1c(N)cc(C)n(C2CC2)c1=O. The Kier molecular flexibility index (Phi) is 1.98. The van der Waals surface area contributed by atoms with Crippen LogP contribution in [0.15, 0.2) is 10.9 Å². The highest BCUT2D eigenvalue weighted by Crippen LogP contribution is 2.35. The smallest absolute Gasteiger partial charge is 0.276 e. The molecular formula is C10H15N3O. The largest absolute Gasteiger partial charge is 0.397 e. The van der Waals surface area contributed by atoms with Gasteiger partial charge in [-0.2, -0.15) is 0 Å². The molecule has 0 atom stereocenters. The molecule has 0 amide bonds. The van der Waals surface area contributed by atoms with Crippen molar-refractivity contribution >= 4 is 11.4 Å². The average molecular weight is 193 g/mol. The standard InChI is InChI=1S/C10H15N3O/c1-6-5-8(11)9(12-2)10(14)13(6)7-3-4-7/h5,7,12H,3-4,11H2,1-2H3. The Morgan fingerprint density at radius 1 is 1.57 bits per heavy atom. The van der Waals surface area contributed by atoms with Crippen molar-refractivity contribution in [3.05, 3.63) is 22.1 Å². The van der Waals surface area contributed by atoms with Crippen LogP contribution in [0.3, 0.4) is 0 Å². The number of nitrogen functional groups attached to an aromatic ring is 1. The molecule has 1 aliphatic rings. The van der Waals surface area contributed by atoms with E-state index in [0.717, 1.165) is 18.5 Å². The maximum absolute atomic E-state index is 11.9. The van der Waals surface area contributed by atoms with Gasteiger partial charge in [-0.05, 0) is 25.8 Å². The van der Waals surface area contributed by atoms with Crippen molar-refractivity contribution in [1.82, 2.24) is 4.57 Å². The second-order valence-corrected chi connectivity index (χ2v) is 3.77. The average Bonchev–Trinajstić information content (AvgIpc) is 2.88. The number of nitrogens with zero attached hydrogens (tertiary/aromatic N) is 1. The summed E-state index contributed by atoms with van der Waals surface area (Å²) in [6.45, 7) is 1.93. The van der Waals surface area contributed by atoms with Crippen molar-refractivity contribution in [2.24, 2.45) is 0 Å². The summed E-state index contributed by atoms with van der Waals surface area (Å²) < 4.78 is 1.84. The fraction of sp³-hybridized carbons (Fsp3) is 0.500. The minimum atomic E-state index is 0.00694. The van der Waals surface area contributed by atoms with Crippen LogP contribution in [0.4, 0.5) is 11.4 Å². The monoisotopic (exact) mass is 193 g/mol. The van der Waals surface area contributed by atoms with Crippen LogP contribution in [0.1, 0.15) is 24.6 Å². The Labute approximate surface area is 82.7 Å². The second kappa shape index (κ2) is 3.04. The molecule has 0 spiro atoms. The van der Waals surface area contributed by atoms with E-state index in [2.05, 4.69) is 5.32 Å². The minimum absolute atomic E-state index is 0.00694. The highest BCUT2D eigenvalue weighted by Gasteiger charge is 2.27. The van der Waals surface area contributed by atoms with Gasteiger partial charge in [0.15, 0.2) is 0 Å². The molecular weight excluding hydrogens is 178 g/mol. The van der Waals surface area contributed by atoms with Crippen molar-refractivity contribution in [2.75, 3.05) is 18.1 Å². The number of hydrogen-bond donors (Lipinski definition) is 2. The summed E-state index contributed by atoms with van der Waals surface area (Å²) in [6, 6.07) is 2.25. The van der Waals surface area contributed by atoms with Crippen LogP contribution in [0.5, 0.6) is 0 Å². The van der Waals surface area contributed by atoms with Gasteiger partial charge in [0.05, 0.1) is 5.69 Å². The van der Waals surface area contributed by atoms with Crippen molar-refractivity contribution in [3.8, 4) is 0 Å². The lowest BCUT2D eigenvalue weighted by Crippen LogP contribution is -2.25. The van der Waals surface area contributed by atoms with E-state index in [1.807, 2.05) is 17.6 Å². The lowest BCUT2D eigenvalue weighted by atomic mass is 10.2. The van der Waals surface area contributed by atoms with Crippen LogP contribution in [-0.4, -0.2) is 11.6 Å². The number of aromatic nitrogens is 1. The first-order chi connectivity index (χ1) is 6.65. The summed E-state index contributed by atoms with van der Waals surface area (Å²) in [4.78, 5) is 11.9. The van der Waals surface area contributed by atoms with Gasteiger partial charge in [-0.3, -0.25) is 4.79 Å². The molecule has 3 N–H and O–H groups in total. The molecule has 0 bridgehead atoms. The van der Waals surface area contributed by atoms with E-state index in [1.54, 1.807) is 7.05 Å². The van der Waals surface area contributed by atoms with E-state index in [4.69, 9.17) is 5.73 Å². The number of nitrogens with two attached hydrogens (primary N) is 1. The van der Waals surface area contributed by atoms with Crippen LogP contribution in [-0.2, 0) is 0 Å². The Balaban J connectivity index is 2.64. The topological polar surface area (TPSA) is 60.0 Å². The molecule has 1 aromatic heterocycles. The van der Waals surface area contributed by atoms with Crippen LogP contribution in [0.25, 0.3) is 0 Å². The van der Waals surface area contributed by atoms with Crippen molar-refractivity contribution < 1.29 is 0 Å². The van der Waals surface area contributed by atoms with Crippen LogP contribution < -0.4 is 16.6 Å². The molecule has 2 rings (SSSR count). The number of aryl methyl sites for hydroxylation is 1.